The van der Waals surface area contributed by atoms with Gasteiger partial charge in [-0.25, -0.2) is 0 Å². The van der Waals surface area contributed by atoms with Crippen molar-refractivity contribution in [2.45, 2.75) is 330 Å². The fourth-order valence-electron chi connectivity index (χ4n) is 10.7. The highest BCUT2D eigenvalue weighted by molar-refractivity contribution is 5.14. The maximum atomic E-state index is 9.89. The summed E-state index contributed by atoms with van der Waals surface area (Å²) in [7, 11) is 0. The van der Waals surface area contributed by atoms with Crippen LogP contribution < -0.4 is 0 Å². The van der Waals surface area contributed by atoms with Gasteiger partial charge in [-0.1, -0.05) is 322 Å². The molecule has 378 valence electrons. The molecule has 0 saturated heterocycles. The number of aliphatic hydroxyl groups is 1. The summed E-state index contributed by atoms with van der Waals surface area (Å²) in [5.41, 5.74) is 1.42. The molecule has 2 nitrogen and oxygen atoms in total. The van der Waals surface area contributed by atoms with E-state index in [1.807, 2.05) is 0 Å². The molecule has 1 rings (SSSR count). The Bertz CT molecular complexity index is 971. The van der Waals surface area contributed by atoms with Gasteiger partial charge in [0.25, 0.3) is 0 Å². The molecule has 0 saturated carbocycles. The van der Waals surface area contributed by atoms with Gasteiger partial charge in [-0.15, -0.1) is 0 Å². The van der Waals surface area contributed by atoms with Gasteiger partial charge < -0.3 is 5.11 Å². The van der Waals surface area contributed by atoms with Gasteiger partial charge in [0.2, 0.25) is 0 Å². The van der Waals surface area contributed by atoms with Gasteiger partial charge in [-0.05, 0) is 49.0 Å². The average molecular weight is 895 g/mol. The summed E-state index contributed by atoms with van der Waals surface area (Å²) >= 11 is 0. The van der Waals surface area contributed by atoms with E-state index in [1.54, 1.807) is 0 Å². The van der Waals surface area contributed by atoms with Gasteiger partial charge in [-0.2, -0.15) is 0 Å². The van der Waals surface area contributed by atoms with E-state index in [0.29, 0.717) is 12.6 Å². The highest BCUT2D eigenvalue weighted by Crippen LogP contribution is 2.28. The van der Waals surface area contributed by atoms with E-state index >= 15 is 0 Å². The second-order valence-corrected chi connectivity index (χ2v) is 22.0. The van der Waals surface area contributed by atoms with Crippen LogP contribution in [-0.2, 0) is 6.54 Å². The number of aliphatic hydroxyl groups excluding tert-OH is 1. The van der Waals surface area contributed by atoms with E-state index in [4.69, 9.17) is 0 Å². The van der Waals surface area contributed by atoms with Gasteiger partial charge >= 0.3 is 0 Å². The molecule has 0 radical (unpaired) electrons. The van der Waals surface area contributed by atoms with E-state index in [1.165, 1.54) is 282 Å². The van der Waals surface area contributed by atoms with Crippen molar-refractivity contribution in [1.29, 1.82) is 0 Å². The minimum absolute atomic E-state index is 0.296. The van der Waals surface area contributed by atoms with Gasteiger partial charge in [0.05, 0.1) is 0 Å². The first-order valence-corrected chi connectivity index (χ1v) is 29.9. The number of hydrogen-bond acceptors (Lipinski definition) is 2. The first-order chi connectivity index (χ1) is 31.5. The summed E-state index contributed by atoms with van der Waals surface area (Å²) in [6.07, 6.45) is 62.9. The maximum absolute atomic E-state index is 9.89. The van der Waals surface area contributed by atoms with Crippen molar-refractivity contribution in [2.24, 2.45) is 17.8 Å². The third-order valence-electron chi connectivity index (χ3n) is 15.2. The number of rotatable bonds is 52. The lowest BCUT2D eigenvalue weighted by atomic mass is 9.88. The molecule has 2 unspecified atom stereocenters. The van der Waals surface area contributed by atoms with Gasteiger partial charge in [-0.3, -0.25) is 4.90 Å². The van der Waals surface area contributed by atoms with Crippen molar-refractivity contribution >= 4 is 0 Å². The van der Waals surface area contributed by atoms with Gasteiger partial charge in [0.1, 0.15) is 0 Å². The molecule has 1 aromatic rings. The Kier molecular flexibility index (Phi) is 46.4. The molecule has 64 heavy (non-hydrogen) atoms. The largest absolute Gasteiger partial charge is 0.396 e. The minimum atomic E-state index is 0.296. The zero-order chi connectivity index (χ0) is 46.2. The van der Waals surface area contributed by atoms with E-state index in [2.05, 4.69) is 69.9 Å². The number of hydrogen-bond donors (Lipinski definition) is 1. The predicted octanol–water partition coefficient (Wildman–Crippen LogP) is 21.0. The summed E-state index contributed by atoms with van der Waals surface area (Å²) < 4.78 is 0. The summed E-state index contributed by atoms with van der Waals surface area (Å²) in [6.45, 7) is 14.2. The number of benzene rings is 1. The third kappa shape index (κ3) is 41.3. The van der Waals surface area contributed by atoms with Crippen LogP contribution >= 0.6 is 0 Å². The molecule has 0 aliphatic heterocycles. The van der Waals surface area contributed by atoms with Crippen molar-refractivity contribution in [1.82, 2.24) is 4.90 Å². The first-order valence-electron chi connectivity index (χ1n) is 29.9. The van der Waals surface area contributed by atoms with Crippen LogP contribution in [-0.4, -0.2) is 29.2 Å². The molecular weight excluding hydrogens is 775 g/mol. The van der Waals surface area contributed by atoms with E-state index < -0.39 is 0 Å². The van der Waals surface area contributed by atoms with Gasteiger partial charge in [0.15, 0.2) is 0 Å². The lowest BCUT2D eigenvalue weighted by Crippen LogP contribution is -2.36. The summed E-state index contributed by atoms with van der Waals surface area (Å²) in [5.74, 6) is 2.56. The molecule has 0 aliphatic rings. The molecule has 1 aromatic carbocycles. The molecule has 2 heteroatoms. The fraction of sp³-hybridized carbons (Fsp3) is 0.903. The van der Waals surface area contributed by atoms with Crippen LogP contribution in [0.2, 0.25) is 0 Å². The quantitative estimate of drug-likeness (QED) is 0.0659. The summed E-state index contributed by atoms with van der Waals surface area (Å²) in [6, 6.07) is 11.8. The predicted molar refractivity (Wildman–Crippen MR) is 290 cm³/mol. The summed E-state index contributed by atoms with van der Waals surface area (Å²) in [4.78, 5) is 2.76. The maximum Gasteiger partial charge on any atom is 0.0443 e. The van der Waals surface area contributed by atoms with Crippen molar-refractivity contribution < 1.29 is 5.11 Å². The zero-order valence-corrected chi connectivity index (χ0v) is 44.8. The van der Waals surface area contributed by atoms with Crippen molar-refractivity contribution in [3.63, 3.8) is 0 Å². The lowest BCUT2D eigenvalue weighted by Gasteiger charge is -2.33. The molecule has 0 fully saturated rings. The molecule has 1 N–H and O–H groups in total. The van der Waals surface area contributed by atoms with Crippen LogP contribution in [0.15, 0.2) is 30.3 Å². The standard InChI is InChI=1S/C62H119NO/c1-6-8-10-12-14-16-18-20-22-24-26-28-30-32-34-37-47-60(48-38-35-33-31-29-27-25-23-21-19-17-15-13-11-9-7-2)49-41-42-52-62(54-53-59(5)46-43-45-58(3)4)63(55-44-56-64)57-61-50-39-36-40-51-61/h36,39-40,50-51,58-60,62,64H,6-35,37-38,41-49,52-57H2,1-5H3. The summed E-state index contributed by atoms with van der Waals surface area (Å²) in [5, 5.41) is 9.89. The van der Waals surface area contributed by atoms with Crippen molar-refractivity contribution in [3.05, 3.63) is 35.9 Å². The Morgan fingerprint density at radius 2 is 0.750 bits per heavy atom. The van der Waals surface area contributed by atoms with Crippen molar-refractivity contribution in [3.8, 4) is 0 Å². The Labute approximate surface area is 404 Å². The fourth-order valence-corrected chi connectivity index (χ4v) is 10.7. The zero-order valence-electron chi connectivity index (χ0n) is 44.8. The van der Waals surface area contributed by atoms with Crippen LogP contribution in [0.4, 0.5) is 0 Å². The van der Waals surface area contributed by atoms with Gasteiger partial charge in [0, 0.05) is 25.7 Å². The monoisotopic (exact) mass is 894 g/mol. The lowest BCUT2D eigenvalue weighted by molar-refractivity contribution is 0.142. The van der Waals surface area contributed by atoms with Crippen LogP contribution in [0.3, 0.4) is 0 Å². The average Bonchev–Trinajstić information content (AvgIpc) is 3.29. The third-order valence-corrected chi connectivity index (χ3v) is 15.2. The van der Waals surface area contributed by atoms with Crippen LogP contribution in [0.25, 0.3) is 0 Å². The smallest absolute Gasteiger partial charge is 0.0443 e. The molecule has 2 atom stereocenters. The van der Waals surface area contributed by atoms with E-state index in [9.17, 15) is 5.11 Å². The molecule has 0 aliphatic carbocycles. The van der Waals surface area contributed by atoms with E-state index in [-0.39, 0.29) is 0 Å². The highest BCUT2D eigenvalue weighted by Gasteiger charge is 2.20. The van der Waals surface area contributed by atoms with Crippen molar-refractivity contribution in [2.75, 3.05) is 13.2 Å². The minimum Gasteiger partial charge on any atom is -0.396 e. The Hall–Kier alpha value is -0.860. The second kappa shape index (κ2) is 48.6. The topological polar surface area (TPSA) is 23.5 Å². The Balaban J connectivity index is 2.56. The molecule has 0 aromatic heterocycles. The molecule has 0 amide bonds. The molecular formula is C62H119NO. The van der Waals surface area contributed by atoms with Crippen LogP contribution in [0, 0.1) is 17.8 Å². The normalized spacial score (nSPS) is 13.0. The van der Waals surface area contributed by atoms with E-state index in [0.717, 1.165) is 37.3 Å². The van der Waals surface area contributed by atoms with Crippen LogP contribution in [0.1, 0.15) is 323 Å². The second-order valence-electron chi connectivity index (χ2n) is 22.0. The highest BCUT2D eigenvalue weighted by atomic mass is 16.3. The Morgan fingerprint density at radius 3 is 1.14 bits per heavy atom. The molecule has 0 heterocycles. The Morgan fingerprint density at radius 1 is 0.375 bits per heavy atom. The van der Waals surface area contributed by atoms with Crippen LogP contribution in [0.5, 0.6) is 0 Å². The number of unbranched alkanes of at least 4 members (excludes halogenated alkanes) is 31. The number of nitrogens with zero attached hydrogens (tertiary/aromatic N) is 1. The first kappa shape index (κ1) is 61.2. The molecule has 0 spiro atoms. The molecule has 0 bridgehead atoms. The SMILES string of the molecule is CCCCCCCCCCCCCCCCCCC(CCCCCCCCCCCCCCCCCC)CCCCC(CCC(C)CCCC(C)C)N(CCCO)Cc1ccccc1.